The number of esters is 1. The number of carbonyl (C=O) groups is 2. The summed E-state index contributed by atoms with van der Waals surface area (Å²) < 4.78 is 17.3. The van der Waals surface area contributed by atoms with Gasteiger partial charge in [0, 0.05) is 6.42 Å². The minimum absolute atomic E-state index is 0.00252. The second-order valence-corrected chi connectivity index (χ2v) is 8.23. The topological polar surface area (TPSA) is 102 Å². The average Bonchev–Trinajstić information content (AvgIpc) is 3.22. The fraction of sp³-hybridized carbons (Fsp3) is 0.900. The number of carboxylic acid groups (broad SMARTS) is 1. The van der Waals surface area contributed by atoms with Crippen molar-refractivity contribution in [2.75, 3.05) is 0 Å². The third kappa shape index (κ3) is 6.43. The van der Waals surface area contributed by atoms with E-state index in [2.05, 4.69) is 0 Å². The van der Waals surface area contributed by atoms with Gasteiger partial charge in [-0.05, 0) is 59.8 Å². The number of carbonyl (C=O) groups excluding carboxylic acids is 1. The molecule has 2 fully saturated rings. The molecule has 2 saturated heterocycles. The summed E-state index contributed by atoms with van der Waals surface area (Å²) in [5.41, 5.74) is 0. The van der Waals surface area contributed by atoms with Crippen molar-refractivity contribution in [3.05, 3.63) is 0 Å². The minimum atomic E-state index is -0.848. The van der Waals surface area contributed by atoms with E-state index in [4.69, 9.17) is 19.3 Å². The molecule has 0 aliphatic carbocycles. The van der Waals surface area contributed by atoms with Crippen LogP contribution in [0, 0.1) is 11.8 Å². The van der Waals surface area contributed by atoms with Crippen molar-refractivity contribution in [2.24, 2.45) is 11.8 Å². The Morgan fingerprint density at radius 1 is 0.926 bits per heavy atom. The molecule has 7 heteroatoms. The minimum Gasteiger partial charge on any atom is -0.481 e. The molecule has 8 atom stereocenters. The molecule has 0 unspecified atom stereocenters. The SMILES string of the molecule is C[C@@H](O)C[C@@H]1CC[C@@H]([C@@H](C)C(=O)O[C@@H](C)C[C@@H]2CC[C@@H]([C@@H](C)C(=O)O)O2)O1. The maximum atomic E-state index is 12.4. The number of rotatable bonds is 9. The first-order valence-electron chi connectivity index (χ1n) is 10.1. The quantitative estimate of drug-likeness (QED) is 0.587. The highest BCUT2D eigenvalue weighted by molar-refractivity contribution is 5.73. The number of ether oxygens (including phenoxy) is 3. The molecule has 2 N–H and O–H groups in total. The van der Waals surface area contributed by atoms with Gasteiger partial charge in [0.15, 0.2) is 0 Å². The lowest BCUT2D eigenvalue weighted by Gasteiger charge is -2.23. The molecule has 0 radical (unpaired) electrons. The molecule has 27 heavy (non-hydrogen) atoms. The third-order valence-corrected chi connectivity index (χ3v) is 5.67. The van der Waals surface area contributed by atoms with E-state index in [0.717, 1.165) is 25.7 Å². The average molecular weight is 386 g/mol. The lowest BCUT2D eigenvalue weighted by atomic mass is 10.0. The van der Waals surface area contributed by atoms with Crippen LogP contribution in [-0.4, -0.2) is 58.8 Å². The maximum Gasteiger partial charge on any atom is 0.311 e. The zero-order chi connectivity index (χ0) is 20.1. The number of aliphatic hydroxyl groups is 1. The van der Waals surface area contributed by atoms with E-state index in [1.165, 1.54) is 0 Å². The first-order chi connectivity index (χ1) is 12.7. The van der Waals surface area contributed by atoms with Crippen molar-refractivity contribution < 1.29 is 34.0 Å². The highest BCUT2D eigenvalue weighted by atomic mass is 16.6. The zero-order valence-electron chi connectivity index (χ0n) is 16.8. The maximum absolute atomic E-state index is 12.4. The third-order valence-electron chi connectivity index (χ3n) is 5.67. The number of carboxylic acids is 1. The van der Waals surface area contributed by atoms with Gasteiger partial charge in [-0.25, -0.2) is 0 Å². The van der Waals surface area contributed by atoms with E-state index in [9.17, 15) is 14.7 Å². The summed E-state index contributed by atoms with van der Waals surface area (Å²) in [5.74, 6) is -2.00. The van der Waals surface area contributed by atoms with Gasteiger partial charge in [0.2, 0.25) is 0 Å². The van der Waals surface area contributed by atoms with E-state index in [-0.39, 0.29) is 42.4 Å². The Morgan fingerprint density at radius 2 is 1.44 bits per heavy atom. The van der Waals surface area contributed by atoms with Crippen LogP contribution in [0.15, 0.2) is 0 Å². The van der Waals surface area contributed by atoms with Crippen LogP contribution in [0.5, 0.6) is 0 Å². The van der Waals surface area contributed by atoms with Crippen molar-refractivity contribution in [1.29, 1.82) is 0 Å². The van der Waals surface area contributed by atoms with E-state index in [1.54, 1.807) is 13.8 Å². The van der Waals surface area contributed by atoms with Crippen molar-refractivity contribution in [3.8, 4) is 0 Å². The summed E-state index contributed by atoms with van der Waals surface area (Å²) >= 11 is 0. The summed E-state index contributed by atoms with van der Waals surface area (Å²) in [5, 5.41) is 18.6. The van der Waals surface area contributed by atoms with Crippen molar-refractivity contribution >= 4 is 11.9 Å². The summed E-state index contributed by atoms with van der Waals surface area (Å²) in [6.45, 7) is 7.06. The first kappa shape index (κ1) is 22.1. The van der Waals surface area contributed by atoms with Gasteiger partial charge >= 0.3 is 11.9 Å². The number of hydrogen-bond acceptors (Lipinski definition) is 6. The molecule has 2 rings (SSSR count). The van der Waals surface area contributed by atoms with Gasteiger partial charge < -0.3 is 24.4 Å². The molecule has 0 bridgehead atoms. The molecule has 0 spiro atoms. The molecule has 2 aliphatic heterocycles. The molecule has 2 aliphatic rings. The second kappa shape index (κ2) is 9.85. The Bertz CT molecular complexity index is 507. The van der Waals surface area contributed by atoms with Gasteiger partial charge in [0.05, 0.1) is 42.4 Å². The molecule has 7 nitrogen and oxygen atoms in total. The highest BCUT2D eigenvalue weighted by Gasteiger charge is 2.36. The Balaban J connectivity index is 1.73. The van der Waals surface area contributed by atoms with Crippen LogP contribution in [-0.2, 0) is 23.8 Å². The fourth-order valence-corrected chi connectivity index (χ4v) is 3.96. The Kier molecular flexibility index (Phi) is 8.06. The number of aliphatic carboxylic acids is 1. The van der Waals surface area contributed by atoms with E-state index >= 15 is 0 Å². The van der Waals surface area contributed by atoms with Crippen LogP contribution in [0.4, 0.5) is 0 Å². The molecule has 0 aromatic rings. The van der Waals surface area contributed by atoms with Gasteiger partial charge in [-0.15, -0.1) is 0 Å². The molecule has 0 amide bonds. The van der Waals surface area contributed by atoms with Gasteiger partial charge in [0.25, 0.3) is 0 Å². The number of hydrogen-bond donors (Lipinski definition) is 2. The molecular weight excluding hydrogens is 352 g/mol. The lowest BCUT2D eigenvalue weighted by molar-refractivity contribution is -0.159. The van der Waals surface area contributed by atoms with E-state index in [0.29, 0.717) is 12.8 Å². The van der Waals surface area contributed by atoms with E-state index < -0.39 is 18.0 Å². The van der Waals surface area contributed by atoms with Gasteiger partial charge in [-0.1, -0.05) is 0 Å². The highest BCUT2D eigenvalue weighted by Crippen LogP contribution is 2.30. The van der Waals surface area contributed by atoms with Crippen molar-refractivity contribution in [1.82, 2.24) is 0 Å². The van der Waals surface area contributed by atoms with Crippen molar-refractivity contribution in [2.45, 2.75) is 103 Å². The molecule has 156 valence electrons. The standard InChI is InChI=1S/C20H34O7/c1-11(21)9-15-5-8-18(26-15)14(4)20(24)25-12(2)10-16-6-7-17(27-16)13(3)19(22)23/h11-18,21H,5-10H2,1-4H3,(H,22,23)/t11-,12+,13-,14-,15+,16+,17+,18+/m1/s1. The largest absolute Gasteiger partial charge is 0.481 e. The van der Waals surface area contributed by atoms with Crippen LogP contribution in [0.1, 0.15) is 66.2 Å². The Morgan fingerprint density at radius 3 is 1.96 bits per heavy atom. The number of aliphatic hydroxyl groups excluding tert-OH is 1. The predicted molar refractivity (Wildman–Crippen MR) is 98.2 cm³/mol. The second-order valence-electron chi connectivity index (χ2n) is 8.23. The monoisotopic (exact) mass is 386 g/mol. The predicted octanol–water partition coefficient (Wildman–Crippen LogP) is 2.53. The van der Waals surface area contributed by atoms with Crippen molar-refractivity contribution in [3.63, 3.8) is 0 Å². The summed E-state index contributed by atoms with van der Waals surface area (Å²) in [4.78, 5) is 23.5. The van der Waals surface area contributed by atoms with Crippen LogP contribution < -0.4 is 0 Å². The molecular formula is C20H34O7. The summed E-state index contributed by atoms with van der Waals surface area (Å²) in [6.07, 6.45) is 3.08. The Labute approximate surface area is 161 Å². The van der Waals surface area contributed by atoms with E-state index in [1.807, 2.05) is 13.8 Å². The summed E-state index contributed by atoms with van der Waals surface area (Å²) in [6, 6.07) is 0. The zero-order valence-corrected chi connectivity index (χ0v) is 16.8. The van der Waals surface area contributed by atoms with Crippen LogP contribution in [0.3, 0.4) is 0 Å². The fourth-order valence-electron chi connectivity index (χ4n) is 3.96. The summed E-state index contributed by atoms with van der Waals surface area (Å²) in [7, 11) is 0. The van der Waals surface area contributed by atoms with Gasteiger partial charge in [-0.2, -0.15) is 0 Å². The molecule has 2 heterocycles. The molecule has 0 saturated carbocycles. The smallest absolute Gasteiger partial charge is 0.311 e. The van der Waals surface area contributed by atoms with Gasteiger partial charge in [0.1, 0.15) is 6.10 Å². The van der Waals surface area contributed by atoms with Crippen LogP contribution in [0.2, 0.25) is 0 Å². The van der Waals surface area contributed by atoms with Crippen LogP contribution in [0.25, 0.3) is 0 Å². The molecule has 0 aromatic carbocycles. The first-order valence-corrected chi connectivity index (χ1v) is 10.1. The Hall–Kier alpha value is -1.18. The van der Waals surface area contributed by atoms with Crippen LogP contribution >= 0.6 is 0 Å². The lowest BCUT2D eigenvalue weighted by Crippen LogP contribution is -2.32. The van der Waals surface area contributed by atoms with Gasteiger partial charge in [-0.3, -0.25) is 9.59 Å². The normalized spacial score (nSPS) is 32.6. The molecule has 0 aromatic heterocycles.